The van der Waals surface area contributed by atoms with Crippen LogP contribution in [0.5, 0.6) is 0 Å². The van der Waals surface area contributed by atoms with Crippen molar-refractivity contribution in [3.8, 4) is 0 Å². The van der Waals surface area contributed by atoms with E-state index < -0.39 is 67.2 Å². The zero-order valence-corrected chi connectivity index (χ0v) is 30.8. The van der Waals surface area contributed by atoms with Crippen molar-refractivity contribution >= 4 is 17.7 Å². The summed E-state index contributed by atoms with van der Waals surface area (Å²) in [5.74, 6) is -1.20. The number of allylic oxidation sites excluding steroid dienone is 6. The maximum atomic E-state index is 13.4. The molecule has 1 aliphatic heterocycles. The van der Waals surface area contributed by atoms with Gasteiger partial charge in [0.15, 0.2) is 42.6 Å². The Morgan fingerprint density at radius 3 is 2.25 bits per heavy atom. The molecule has 0 aromatic rings. The predicted octanol–water partition coefficient (Wildman–Crippen LogP) is 0.718. The van der Waals surface area contributed by atoms with Crippen molar-refractivity contribution < 1.29 is 49.6 Å². The molecule has 1 heterocycles. The molecule has 0 aromatic heterocycles. The van der Waals surface area contributed by atoms with E-state index in [9.17, 15) is 35.4 Å². The van der Waals surface area contributed by atoms with Crippen LogP contribution in [0.15, 0.2) is 68.5 Å². The van der Waals surface area contributed by atoms with E-state index in [0.717, 1.165) is 31.3 Å². The number of aliphatic hydroxyl groups is 6. The number of hydrogen-bond donors (Lipinski definition) is 9. The minimum atomic E-state index is -2.01. The quantitative estimate of drug-likeness (QED) is 0.0266. The summed E-state index contributed by atoms with van der Waals surface area (Å²) in [6.45, 7) is 11.0. The van der Waals surface area contributed by atoms with Gasteiger partial charge in [0.1, 0.15) is 30.5 Å². The third-order valence-corrected chi connectivity index (χ3v) is 8.65. The Kier molecular flexibility index (Phi) is 17.5. The van der Waals surface area contributed by atoms with E-state index in [4.69, 9.17) is 25.7 Å². The number of aliphatic hydroxyl groups excluding tert-OH is 5. The number of rotatable bonds is 16. The summed E-state index contributed by atoms with van der Waals surface area (Å²) >= 11 is 0. The van der Waals surface area contributed by atoms with Crippen molar-refractivity contribution in [2.24, 2.45) is 21.5 Å². The number of carbonyl (C=O) groups is 1. The lowest BCUT2D eigenvalue weighted by Crippen LogP contribution is -2.69. The molecule has 0 saturated heterocycles. The molecule has 288 valence electrons. The second kappa shape index (κ2) is 20.4. The molecule has 16 nitrogen and oxygen atoms in total. The number of ketones is 1. The predicted molar refractivity (Wildman–Crippen MR) is 193 cm³/mol. The van der Waals surface area contributed by atoms with Gasteiger partial charge in [-0.1, -0.05) is 34.9 Å². The number of fused-ring (bicyclic) bond motifs is 1. The van der Waals surface area contributed by atoms with Crippen LogP contribution in [-0.4, -0.2) is 129 Å². The number of guanidine groups is 2. The number of Topliss-reactive ketones (excluding diaryl/α,β-unsaturated/α-hetero) is 1. The van der Waals surface area contributed by atoms with Gasteiger partial charge < -0.3 is 66.5 Å². The van der Waals surface area contributed by atoms with Crippen molar-refractivity contribution in [1.29, 1.82) is 0 Å². The minimum Gasteiger partial charge on any atom is -0.515 e. The van der Waals surface area contributed by atoms with Gasteiger partial charge in [0, 0.05) is 31.5 Å². The van der Waals surface area contributed by atoms with E-state index in [1.54, 1.807) is 18.1 Å². The van der Waals surface area contributed by atoms with Crippen LogP contribution in [-0.2, 0) is 19.0 Å². The van der Waals surface area contributed by atoms with Gasteiger partial charge in [0.25, 0.3) is 0 Å². The molecule has 11 N–H and O–H groups in total. The van der Waals surface area contributed by atoms with Gasteiger partial charge in [0.05, 0.1) is 12.3 Å². The van der Waals surface area contributed by atoms with Crippen molar-refractivity contribution in [2.45, 2.75) is 129 Å². The van der Waals surface area contributed by atoms with E-state index in [-0.39, 0.29) is 23.1 Å². The summed E-state index contributed by atoms with van der Waals surface area (Å²) in [6.07, 6.45) is -1.54. The zero-order chi connectivity index (χ0) is 38.6. The molecule has 0 aromatic carbocycles. The highest BCUT2D eigenvalue weighted by Gasteiger charge is 2.53. The van der Waals surface area contributed by atoms with Crippen LogP contribution in [0.1, 0.15) is 67.2 Å². The molecule has 9 atom stereocenters. The Bertz CT molecular complexity index is 1390. The first-order valence-electron chi connectivity index (χ1n) is 16.8. The highest BCUT2D eigenvalue weighted by Crippen LogP contribution is 2.31. The van der Waals surface area contributed by atoms with Crippen LogP contribution < -0.4 is 16.8 Å². The van der Waals surface area contributed by atoms with Gasteiger partial charge in [-0.25, -0.2) is 9.98 Å². The van der Waals surface area contributed by atoms with Gasteiger partial charge >= 0.3 is 0 Å². The molecular weight excluding hydrogens is 664 g/mol. The molecular formula is C35H58N6O10. The summed E-state index contributed by atoms with van der Waals surface area (Å²) in [5.41, 5.74) is 15.7. The van der Waals surface area contributed by atoms with E-state index in [1.807, 2.05) is 6.92 Å². The fraction of sp³-hybridized carbons (Fsp3) is 0.629. The Balaban J connectivity index is 2.30. The van der Waals surface area contributed by atoms with E-state index in [0.29, 0.717) is 6.26 Å². The molecule has 0 amide bonds. The Labute approximate surface area is 300 Å². The second-order valence-electron chi connectivity index (χ2n) is 13.1. The van der Waals surface area contributed by atoms with Crippen molar-refractivity contribution in [1.82, 2.24) is 10.2 Å². The van der Waals surface area contributed by atoms with Crippen LogP contribution in [0.4, 0.5) is 0 Å². The first-order chi connectivity index (χ1) is 24.0. The number of ether oxygens (including phenoxy) is 3. The number of carbonyl (C=O) groups excluding carboxylic acids is 1. The van der Waals surface area contributed by atoms with E-state index in [2.05, 4.69) is 48.2 Å². The van der Waals surface area contributed by atoms with Gasteiger partial charge in [-0.2, -0.15) is 0 Å². The number of nitrogens with two attached hydrogens (primary N) is 2. The fourth-order valence-corrected chi connectivity index (χ4v) is 5.68. The second-order valence-corrected chi connectivity index (χ2v) is 13.1. The zero-order valence-electron chi connectivity index (χ0n) is 30.8. The average molecular weight is 723 g/mol. The maximum absolute atomic E-state index is 13.4. The van der Waals surface area contributed by atoms with Gasteiger partial charge in [-0.15, -0.1) is 0 Å². The molecule has 0 bridgehead atoms. The molecule has 1 saturated carbocycles. The highest BCUT2D eigenvalue weighted by atomic mass is 16.7. The molecule has 16 heteroatoms. The Morgan fingerprint density at radius 1 is 1.06 bits per heavy atom. The Morgan fingerprint density at radius 2 is 1.69 bits per heavy atom. The minimum absolute atomic E-state index is 0.0348. The summed E-state index contributed by atoms with van der Waals surface area (Å²) in [5, 5.41) is 65.8. The number of methoxy groups -OCH3 is 1. The number of aliphatic imine (C=N–C) groups is 2. The summed E-state index contributed by atoms with van der Waals surface area (Å²) in [7, 11) is 2.87. The Hall–Kier alpha value is -3.61. The monoisotopic (exact) mass is 722 g/mol. The third-order valence-electron chi connectivity index (χ3n) is 8.65. The lowest BCUT2D eigenvalue weighted by Gasteiger charge is -2.44. The van der Waals surface area contributed by atoms with Crippen LogP contribution in [0, 0.1) is 0 Å². The molecule has 51 heavy (non-hydrogen) atoms. The molecule has 9 unspecified atom stereocenters. The van der Waals surface area contributed by atoms with Crippen molar-refractivity contribution in [2.75, 3.05) is 14.2 Å². The normalized spacial score (nSPS) is 27.9. The third kappa shape index (κ3) is 12.2. The molecule has 2 aliphatic rings. The largest absolute Gasteiger partial charge is 0.515 e. The average Bonchev–Trinajstić information content (AvgIpc) is 3.25. The van der Waals surface area contributed by atoms with Crippen LogP contribution >= 0.6 is 0 Å². The van der Waals surface area contributed by atoms with E-state index in [1.165, 1.54) is 38.2 Å². The van der Waals surface area contributed by atoms with Crippen molar-refractivity contribution in [3.63, 3.8) is 0 Å². The molecule has 1 fully saturated rings. The number of hydrogen-bond acceptors (Lipinski definition) is 14. The van der Waals surface area contributed by atoms with E-state index >= 15 is 0 Å². The standard InChI is InChI=1S/C35H58N6O10/c1-9-22(32(47)48)33(49-8)51-30(25(43)21(6)17-42)31-40-34(36)38-24-26(44)23(27(45)28(46)29(24)50-31)39-35(37)41(7)16-20(5)15-11-14-19(4)13-10-12-18(2)3/h9,12,14,16-17,23-24,26-33,42,44-48H,10-11,13,15H2,1-8H3,(H2,37,39)(H3,36,38,40)/b19-14+,20-16+,21-17?,22-9+. The van der Waals surface area contributed by atoms with Crippen molar-refractivity contribution in [3.05, 3.63) is 58.6 Å². The summed E-state index contributed by atoms with van der Waals surface area (Å²) < 4.78 is 17.1. The van der Waals surface area contributed by atoms with Crippen LogP contribution in [0.25, 0.3) is 0 Å². The van der Waals surface area contributed by atoms with Gasteiger partial charge in [-0.3, -0.25) is 4.79 Å². The lowest BCUT2D eigenvalue weighted by molar-refractivity contribution is -0.215. The summed E-state index contributed by atoms with van der Waals surface area (Å²) in [6, 6.07) is -2.54. The maximum Gasteiger partial charge on any atom is 0.195 e. The molecule has 0 radical (unpaired) electrons. The topological polar surface area (TPSA) is 258 Å². The van der Waals surface area contributed by atoms with Gasteiger partial charge in [0.2, 0.25) is 0 Å². The van der Waals surface area contributed by atoms with Crippen LogP contribution in [0.3, 0.4) is 0 Å². The number of nitrogens with one attached hydrogen (secondary N) is 1. The fourth-order valence-electron chi connectivity index (χ4n) is 5.68. The first kappa shape index (κ1) is 43.6. The van der Waals surface area contributed by atoms with Gasteiger partial charge in [-0.05, 0) is 67.2 Å². The summed E-state index contributed by atoms with van der Waals surface area (Å²) in [4.78, 5) is 23.5. The number of nitrogens with zero attached hydrogens (tertiary/aromatic N) is 3. The smallest absolute Gasteiger partial charge is 0.195 e. The lowest BCUT2D eigenvalue weighted by atomic mass is 9.81. The SMILES string of the molecule is C/C=C(\C(O)O)C(OC)OC(C(=O)C(C)=CO)C1N=C(N)NC2C(O)C(N=C(N)N(C)/C=C(\C)CC/C=C(\C)CCC=C(C)C)C(O)C(O)C2O1. The van der Waals surface area contributed by atoms with Crippen LogP contribution in [0.2, 0.25) is 0 Å². The molecule has 1 aliphatic carbocycles. The molecule has 0 spiro atoms. The highest BCUT2D eigenvalue weighted by molar-refractivity contribution is 5.98. The molecule has 2 rings (SSSR count). The first-order valence-corrected chi connectivity index (χ1v) is 16.8.